The number of hydrogen-bond acceptors (Lipinski definition) is 1. The van der Waals surface area contributed by atoms with Crippen LogP contribution in [0.5, 0.6) is 0 Å². The molecule has 2 atom stereocenters. The van der Waals surface area contributed by atoms with Crippen LogP contribution >= 0.6 is 0 Å². The molecule has 0 heterocycles. The zero-order chi connectivity index (χ0) is 16.8. The molecule has 2 aliphatic carbocycles. The molecule has 0 aromatic carbocycles. The summed E-state index contributed by atoms with van der Waals surface area (Å²) in [6.45, 7) is 11.1. The summed E-state index contributed by atoms with van der Waals surface area (Å²) >= 11 is 1.55. The SMILES string of the molecule is CCC(C)(C)[N]=[Nb].CCC1[CH-]C(C)CCC1.[CH-]1CCCCC1.[CH3-]. The second-order valence-electron chi connectivity index (χ2n) is 7.46. The van der Waals surface area contributed by atoms with E-state index in [-0.39, 0.29) is 13.0 Å². The van der Waals surface area contributed by atoms with Crippen LogP contribution in [0.25, 0.3) is 0 Å². The Morgan fingerprint density at radius 3 is 1.87 bits per heavy atom. The van der Waals surface area contributed by atoms with Crippen LogP contribution in [0.4, 0.5) is 0 Å². The van der Waals surface area contributed by atoms with Gasteiger partial charge in [0.05, 0.1) is 0 Å². The molecule has 0 amide bonds. The van der Waals surface area contributed by atoms with E-state index in [1.165, 1.54) is 57.8 Å². The first-order valence-electron chi connectivity index (χ1n) is 9.48. The maximum absolute atomic E-state index is 4.19. The summed E-state index contributed by atoms with van der Waals surface area (Å²) in [5.74, 6) is 1.83. The third-order valence-corrected chi connectivity index (χ3v) is 6.14. The fourth-order valence-corrected chi connectivity index (χ4v) is 3.02. The molecule has 0 N–H and O–H groups in total. The molecule has 2 rings (SSSR count). The first-order chi connectivity index (χ1) is 10.4. The van der Waals surface area contributed by atoms with E-state index in [1.807, 2.05) is 0 Å². The molecule has 0 aromatic heterocycles. The Labute approximate surface area is 160 Å². The molecule has 2 heteroatoms. The van der Waals surface area contributed by atoms with Gasteiger partial charge in [-0.2, -0.15) is 24.7 Å². The summed E-state index contributed by atoms with van der Waals surface area (Å²) in [5.41, 5.74) is 0.231. The monoisotopic (exact) mass is 401 g/mol. The molecule has 1 nitrogen and oxygen atoms in total. The predicted molar refractivity (Wildman–Crippen MR) is 102 cm³/mol. The summed E-state index contributed by atoms with van der Waals surface area (Å²) < 4.78 is 4.19. The van der Waals surface area contributed by atoms with E-state index in [1.54, 1.807) is 20.9 Å². The number of rotatable bonds is 3. The molecule has 0 aromatic rings. The molecule has 0 radical (unpaired) electrons. The second-order valence-corrected chi connectivity index (χ2v) is 7.95. The van der Waals surface area contributed by atoms with Crippen LogP contribution < -0.4 is 0 Å². The van der Waals surface area contributed by atoms with Gasteiger partial charge in [0.1, 0.15) is 0 Å². The Hall–Kier alpha value is 0.540. The summed E-state index contributed by atoms with van der Waals surface area (Å²) in [7, 11) is 0. The first kappa shape index (κ1) is 25.8. The molecule has 2 saturated carbocycles. The van der Waals surface area contributed by atoms with Crippen molar-refractivity contribution in [3.63, 3.8) is 0 Å². The minimum Gasteiger partial charge on any atom is -0.358 e. The van der Waals surface area contributed by atoms with Gasteiger partial charge in [-0.25, -0.2) is 0 Å². The average Bonchev–Trinajstić information content (AvgIpc) is 2.57. The molecule has 2 fully saturated rings. The van der Waals surface area contributed by atoms with Gasteiger partial charge in [-0.05, 0) is 0 Å². The molecular weight excluding hydrogens is 359 g/mol. The molecule has 2 aliphatic rings. The van der Waals surface area contributed by atoms with E-state index in [2.05, 4.69) is 50.8 Å². The van der Waals surface area contributed by atoms with Crippen LogP contribution in [0.3, 0.4) is 0 Å². The average molecular weight is 401 g/mol. The van der Waals surface area contributed by atoms with Gasteiger partial charge >= 0.3 is 57.0 Å². The van der Waals surface area contributed by atoms with Crippen molar-refractivity contribution in [3.05, 3.63) is 20.3 Å². The van der Waals surface area contributed by atoms with Gasteiger partial charge in [0.15, 0.2) is 0 Å². The maximum atomic E-state index is 4.19. The van der Waals surface area contributed by atoms with Gasteiger partial charge in [0.2, 0.25) is 0 Å². The number of nitrogens with zero attached hydrogens (tertiary/aromatic N) is 1. The molecule has 0 bridgehead atoms. The van der Waals surface area contributed by atoms with E-state index in [0.29, 0.717) is 0 Å². The zero-order valence-electron chi connectivity index (χ0n) is 16.8. The fourth-order valence-electron chi connectivity index (χ4n) is 2.67. The van der Waals surface area contributed by atoms with Crippen LogP contribution in [-0.4, -0.2) is 5.54 Å². The largest absolute Gasteiger partial charge is 0.358 e. The minimum absolute atomic E-state index is 0. The topological polar surface area (TPSA) is 12.4 Å². The smallest absolute Gasteiger partial charge is 0.0577 e. The minimum atomic E-state index is 0. The summed E-state index contributed by atoms with van der Waals surface area (Å²) in [4.78, 5) is 0. The van der Waals surface area contributed by atoms with Crippen molar-refractivity contribution in [2.75, 3.05) is 0 Å². The van der Waals surface area contributed by atoms with Gasteiger partial charge in [-0.3, -0.25) is 0 Å². The Morgan fingerprint density at radius 2 is 1.65 bits per heavy atom. The molecule has 139 valence electrons. The number of hydrogen-bond donors (Lipinski definition) is 0. The molecule has 0 saturated heterocycles. The summed E-state index contributed by atoms with van der Waals surface area (Å²) in [6, 6.07) is 0. The fraction of sp³-hybridized carbons (Fsp3) is 0.857. The van der Waals surface area contributed by atoms with Crippen molar-refractivity contribution in [1.82, 2.24) is 0 Å². The summed E-state index contributed by atoms with van der Waals surface area (Å²) in [5, 5.41) is 0. The third kappa shape index (κ3) is 15.8. The Bertz CT molecular complexity index is 247. The van der Waals surface area contributed by atoms with E-state index in [0.717, 1.165) is 18.3 Å². The zero-order valence-corrected chi connectivity index (χ0v) is 19.0. The molecule has 2 unspecified atom stereocenters. The Morgan fingerprint density at radius 1 is 1.04 bits per heavy atom. The molecule has 0 spiro atoms. The summed E-state index contributed by atoms with van der Waals surface area (Å²) in [6.07, 6.45) is 18.9. The quantitative estimate of drug-likeness (QED) is 0.342. The molecule has 0 aliphatic heterocycles. The second kappa shape index (κ2) is 16.0. The van der Waals surface area contributed by atoms with Crippen LogP contribution in [0.2, 0.25) is 0 Å². The van der Waals surface area contributed by atoms with Crippen molar-refractivity contribution in [3.8, 4) is 0 Å². The van der Waals surface area contributed by atoms with Gasteiger partial charge in [-0.15, -0.1) is 0 Å². The van der Waals surface area contributed by atoms with Crippen LogP contribution in [-0.2, 0) is 20.9 Å². The first-order valence-corrected chi connectivity index (χ1v) is 10.5. The predicted octanol–water partition coefficient (Wildman–Crippen LogP) is 7.55. The van der Waals surface area contributed by atoms with E-state index in [9.17, 15) is 0 Å². The van der Waals surface area contributed by atoms with Crippen molar-refractivity contribution < 1.29 is 20.9 Å². The van der Waals surface area contributed by atoms with Crippen molar-refractivity contribution in [2.45, 2.75) is 104 Å². The van der Waals surface area contributed by atoms with Crippen molar-refractivity contribution >= 4 is 0 Å². The van der Waals surface area contributed by atoms with Crippen molar-refractivity contribution in [1.29, 1.82) is 0 Å². The van der Waals surface area contributed by atoms with E-state index >= 15 is 0 Å². The Kier molecular flexibility index (Phi) is 18.0. The molecule has 23 heavy (non-hydrogen) atoms. The van der Waals surface area contributed by atoms with Crippen LogP contribution in [0.15, 0.2) is 3.34 Å². The van der Waals surface area contributed by atoms with Gasteiger partial charge in [-0.1, -0.05) is 58.8 Å². The van der Waals surface area contributed by atoms with E-state index < -0.39 is 0 Å². The van der Waals surface area contributed by atoms with Gasteiger partial charge in [0, 0.05) is 0 Å². The maximum Gasteiger partial charge on any atom is -0.0577 e. The normalized spacial score (nSPS) is 24.0. The van der Waals surface area contributed by atoms with Gasteiger partial charge in [0.25, 0.3) is 0 Å². The third-order valence-electron chi connectivity index (χ3n) is 4.81. The molecular formula is C21H42NNb-3. The standard InChI is InChI=1S/C9H17.C6H11.C5H11N.CH3.Nb/c1-3-9-6-4-5-8(2)7-9;1-2-4-6-5-3-1;1-4-5(2,3)6;;/h7-9H,3-6H2,1-2H3;1H,2-6H2;4H2,1-3H3;1H3;/q2*-1;;-1;. The van der Waals surface area contributed by atoms with E-state index in [4.69, 9.17) is 0 Å². The van der Waals surface area contributed by atoms with Crippen molar-refractivity contribution in [2.24, 2.45) is 15.2 Å². The van der Waals surface area contributed by atoms with Gasteiger partial charge < -0.3 is 20.3 Å². The Balaban J connectivity index is 0. The van der Waals surface area contributed by atoms with Crippen LogP contribution in [0, 0.1) is 32.1 Å². The van der Waals surface area contributed by atoms with Crippen LogP contribution in [0.1, 0.15) is 98.8 Å².